The fraction of sp³-hybridized carbons (Fsp3) is 0.167. The van der Waals surface area contributed by atoms with Crippen LogP contribution in [-0.4, -0.2) is 9.97 Å². The monoisotopic (exact) mass is 268 g/mol. The van der Waals surface area contributed by atoms with Crippen molar-refractivity contribution in [1.29, 1.82) is 0 Å². The summed E-state index contributed by atoms with van der Waals surface area (Å²) in [5, 5.41) is 1.06. The second-order valence-corrected chi connectivity index (χ2v) is 4.41. The van der Waals surface area contributed by atoms with Crippen LogP contribution in [0.3, 0.4) is 0 Å². The quantitative estimate of drug-likeness (QED) is 0.909. The molecule has 1 N–H and O–H groups in total. The third-order valence-corrected chi connectivity index (χ3v) is 2.91. The zero-order valence-corrected chi connectivity index (χ0v) is 10.6. The van der Waals surface area contributed by atoms with Crippen molar-refractivity contribution in [1.82, 2.24) is 9.97 Å². The lowest BCUT2D eigenvalue weighted by Gasteiger charge is -2.05. The largest absolute Gasteiger partial charge is 0.306 e. The van der Waals surface area contributed by atoms with E-state index in [2.05, 4.69) is 9.97 Å². The normalized spacial score (nSPS) is 10.5. The number of aromatic nitrogens is 2. The Morgan fingerprint density at radius 2 is 2.06 bits per heavy atom. The average Bonchev–Trinajstić information content (AvgIpc) is 2.31. The summed E-state index contributed by atoms with van der Waals surface area (Å²) >= 11 is 12.0. The summed E-state index contributed by atoms with van der Waals surface area (Å²) in [6.45, 7) is 1.94. The standard InChI is InChI=1S/C12H10Cl2N2O/c1-2-8-6-11(17)16-12(15-8)9-5-7(13)3-4-10(9)14/h3-6H,2H2,1H3,(H,15,16,17). The predicted octanol–water partition coefficient (Wildman–Crippen LogP) is 3.31. The van der Waals surface area contributed by atoms with Crippen LogP contribution in [0.4, 0.5) is 0 Å². The van der Waals surface area contributed by atoms with Crippen molar-refractivity contribution in [2.45, 2.75) is 13.3 Å². The lowest BCUT2D eigenvalue weighted by molar-refractivity contribution is 0.987. The highest BCUT2D eigenvalue weighted by Gasteiger charge is 2.08. The van der Waals surface area contributed by atoms with E-state index < -0.39 is 0 Å². The Kier molecular flexibility index (Phi) is 3.50. The number of aromatic amines is 1. The second kappa shape index (κ2) is 4.90. The van der Waals surface area contributed by atoms with Crippen LogP contribution in [-0.2, 0) is 6.42 Å². The smallest absolute Gasteiger partial charge is 0.251 e. The maximum atomic E-state index is 11.5. The topological polar surface area (TPSA) is 45.8 Å². The molecule has 2 aromatic rings. The Morgan fingerprint density at radius 1 is 1.29 bits per heavy atom. The first kappa shape index (κ1) is 12.1. The van der Waals surface area contributed by atoms with Crippen LogP contribution in [0.1, 0.15) is 12.6 Å². The summed E-state index contributed by atoms with van der Waals surface area (Å²) in [5.41, 5.74) is 1.16. The number of halogens is 2. The van der Waals surface area contributed by atoms with Gasteiger partial charge < -0.3 is 4.98 Å². The van der Waals surface area contributed by atoms with Gasteiger partial charge in [0.2, 0.25) is 0 Å². The van der Waals surface area contributed by atoms with Crippen molar-refractivity contribution in [2.24, 2.45) is 0 Å². The second-order valence-electron chi connectivity index (χ2n) is 3.56. The van der Waals surface area contributed by atoms with Gasteiger partial charge in [-0.05, 0) is 24.6 Å². The molecule has 1 heterocycles. The van der Waals surface area contributed by atoms with Gasteiger partial charge in [-0.1, -0.05) is 30.1 Å². The van der Waals surface area contributed by atoms with Crippen LogP contribution in [0.5, 0.6) is 0 Å². The molecule has 0 saturated heterocycles. The summed E-state index contributed by atoms with van der Waals surface area (Å²) in [7, 11) is 0. The molecule has 0 unspecified atom stereocenters. The first-order chi connectivity index (χ1) is 8.10. The van der Waals surface area contributed by atoms with Crippen LogP contribution in [0.15, 0.2) is 29.1 Å². The van der Waals surface area contributed by atoms with Crippen molar-refractivity contribution in [3.8, 4) is 11.4 Å². The van der Waals surface area contributed by atoms with Crippen molar-refractivity contribution >= 4 is 23.2 Å². The van der Waals surface area contributed by atoms with Gasteiger partial charge in [-0.15, -0.1) is 0 Å². The first-order valence-corrected chi connectivity index (χ1v) is 5.91. The zero-order chi connectivity index (χ0) is 12.4. The lowest BCUT2D eigenvalue weighted by atomic mass is 10.2. The maximum absolute atomic E-state index is 11.5. The highest BCUT2D eigenvalue weighted by atomic mass is 35.5. The van der Waals surface area contributed by atoms with E-state index >= 15 is 0 Å². The lowest BCUT2D eigenvalue weighted by Crippen LogP contribution is -2.10. The Labute approximate surface area is 108 Å². The summed E-state index contributed by atoms with van der Waals surface area (Å²) in [4.78, 5) is 18.5. The Balaban J connectivity index is 2.63. The van der Waals surface area contributed by atoms with Crippen molar-refractivity contribution in [2.75, 3.05) is 0 Å². The molecule has 0 amide bonds. The molecule has 0 fully saturated rings. The van der Waals surface area contributed by atoms with E-state index in [1.165, 1.54) is 6.07 Å². The molecule has 2 rings (SSSR count). The minimum Gasteiger partial charge on any atom is -0.306 e. The molecule has 0 aliphatic rings. The third-order valence-electron chi connectivity index (χ3n) is 2.34. The number of nitrogens with zero attached hydrogens (tertiary/aromatic N) is 1. The van der Waals surface area contributed by atoms with E-state index in [1.54, 1.807) is 18.2 Å². The first-order valence-electron chi connectivity index (χ1n) is 5.16. The zero-order valence-electron chi connectivity index (χ0n) is 9.13. The van der Waals surface area contributed by atoms with Gasteiger partial charge in [-0.3, -0.25) is 4.79 Å². The van der Waals surface area contributed by atoms with Gasteiger partial charge in [0.05, 0.1) is 5.02 Å². The number of rotatable bonds is 2. The molecular formula is C12H10Cl2N2O. The summed E-state index contributed by atoms with van der Waals surface area (Å²) in [6.07, 6.45) is 0.690. The van der Waals surface area contributed by atoms with E-state index in [0.717, 1.165) is 5.69 Å². The van der Waals surface area contributed by atoms with Gasteiger partial charge in [-0.2, -0.15) is 0 Å². The Hall–Kier alpha value is -1.32. The number of nitrogens with one attached hydrogen (secondary N) is 1. The van der Waals surface area contributed by atoms with Crippen LogP contribution in [0.25, 0.3) is 11.4 Å². The number of aryl methyl sites for hydroxylation is 1. The van der Waals surface area contributed by atoms with Gasteiger partial charge in [0, 0.05) is 22.3 Å². The molecule has 0 spiro atoms. The van der Waals surface area contributed by atoms with E-state index in [9.17, 15) is 4.79 Å². The molecular weight excluding hydrogens is 259 g/mol. The SMILES string of the molecule is CCc1cc(=O)[nH]c(-c2cc(Cl)ccc2Cl)n1. The van der Waals surface area contributed by atoms with E-state index in [0.29, 0.717) is 27.9 Å². The molecule has 1 aromatic heterocycles. The van der Waals surface area contributed by atoms with Gasteiger partial charge in [-0.25, -0.2) is 4.98 Å². The Morgan fingerprint density at radius 3 is 2.76 bits per heavy atom. The van der Waals surface area contributed by atoms with E-state index in [-0.39, 0.29) is 5.56 Å². The minimum atomic E-state index is -0.192. The summed E-state index contributed by atoms with van der Waals surface area (Å²) in [5.74, 6) is 0.446. The van der Waals surface area contributed by atoms with Gasteiger partial charge in [0.15, 0.2) is 0 Å². The van der Waals surface area contributed by atoms with Gasteiger partial charge in [0.1, 0.15) is 5.82 Å². The summed E-state index contributed by atoms with van der Waals surface area (Å²) in [6, 6.07) is 6.52. The molecule has 17 heavy (non-hydrogen) atoms. The van der Waals surface area contributed by atoms with Crippen molar-refractivity contribution in [3.05, 3.63) is 50.4 Å². The number of hydrogen-bond acceptors (Lipinski definition) is 2. The predicted molar refractivity (Wildman–Crippen MR) is 69.7 cm³/mol. The number of H-pyrrole nitrogens is 1. The van der Waals surface area contributed by atoms with Gasteiger partial charge >= 0.3 is 0 Å². The van der Waals surface area contributed by atoms with Crippen LogP contribution >= 0.6 is 23.2 Å². The molecule has 1 aromatic carbocycles. The number of benzene rings is 1. The molecule has 3 nitrogen and oxygen atoms in total. The Bertz CT molecular complexity index is 608. The fourth-order valence-corrected chi connectivity index (χ4v) is 1.87. The molecule has 0 aliphatic carbocycles. The van der Waals surface area contributed by atoms with Crippen molar-refractivity contribution in [3.63, 3.8) is 0 Å². The number of hydrogen-bond donors (Lipinski definition) is 1. The molecule has 0 aliphatic heterocycles. The third kappa shape index (κ3) is 2.68. The maximum Gasteiger partial charge on any atom is 0.251 e. The fourth-order valence-electron chi connectivity index (χ4n) is 1.50. The molecule has 0 radical (unpaired) electrons. The average molecular weight is 269 g/mol. The van der Waals surface area contributed by atoms with Crippen molar-refractivity contribution < 1.29 is 0 Å². The highest BCUT2D eigenvalue weighted by Crippen LogP contribution is 2.27. The van der Waals surface area contributed by atoms with Crippen LogP contribution < -0.4 is 5.56 Å². The molecule has 5 heteroatoms. The molecule has 0 bridgehead atoms. The highest BCUT2D eigenvalue weighted by molar-refractivity contribution is 6.35. The van der Waals surface area contributed by atoms with E-state index in [1.807, 2.05) is 6.92 Å². The van der Waals surface area contributed by atoms with Gasteiger partial charge in [0.25, 0.3) is 5.56 Å². The molecule has 88 valence electrons. The molecule has 0 saturated carbocycles. The van der Waals surface area contributed by atoms with Crippen LogP contribution in [0, 0.1) is 0 Å². The molecule has 0 atom stereocenters. The summed E-state index contributed by atoms with van der Waals surface area (Å²) < 4.78 is 0. The van der Waals surface area contributed by atoms with E-state index in [4.69, 9.17) is 23.2 Å². The minimum absolute atomic E-state index is 0.192. The van der Waals surface area contributed by atoms with Crippen LogP contribution in [0.2, 0.25) is 10.0 Å².